The summed E-state index contributed by atoms with van der Waals surface area (Å²) in [6.45, 7) is 6.10. The van der Waals surface area contributed by atoms with Crippen LogP contribution >= 0.6 is 0 Å². The van der Waals surface area contributed by atoms with Gasteiger partial charge in [0.2, 0.25) is 17.4 Å². The lowest BCUT2D eigenvalue weighted by Gasteiger charge is -2.30. The molecule has 5 heteroatoms. The molecule has 1 N–H and O–H groups in total. The summed E-state index contributed by atoms with van der Waals surface area (Å²) in [7, 11) is 1.89. The van der Waals surface area contributed by atoms with Gasteiger partial charge in [-0.05, 0) is 18.8 Å². The summed E-state index contributed by atoms with van der Waals surface area (Å²) in [6, 6.07) is 1.59. The molecule has 5 nitrogen and oxygen atoms in total. The highest BCUT2D eigenvalue weighted by Gasteiger charge is 2.21. The van der Waals surface area contributed by atoms with Crippen molar-refractivity contribution in [3.8, 4) is 11.5 Å². The highest BCUT2D eigenvalue weighted by Crippen LogP contribution is 2.26. The number of nitrogens with zero attached hydrogens (tertiary/aromatic N) is 2. The van der Waals surface area contributed by atoms with Crippen LogP contribution in [0.2, 0.25) is 0 Å². The van der Waals surface area contributed by atoms with Crippen LogP contribution in [0.15, 0.2) is 12.3 Å². The average molecular weight is 293 g/mol. The van der Waals surface area contributed by atoms with Crippen LogP contribution in [0, 0.1) is 12.8 Å². The first-order chi connectivity index (χ1) is 9.99. The summed E-state index contributed by atoms with van der Waals surface area (Å²) in [4.78, 5) is 14.0. The molecule has 1 saturated heterocycles. The van der Waals surface area contributed by atoms with E-state index in [9.17, 15) is 9.90 Å². The Labute approximate surface area is 126 Å². The first kappa shape index (κ1) is 15.6. The smallest absolute Gasteiger partial charge is 0.228 e. The Morgan fingerprint density at radius 1 is 1.48 bits per heavy atom. The zero-order chi connectivity index (χ0) is 15.4. The van der Waals surface area contributed by atoms with E-state index in [1.807, 2.05) is 23.4 Å². The van der Waals surface area contributed by atoms with Crippen molar-refractivity contribution in [2.24, 2.45) is 13.0 Å². The molecule has 116 valence electrons. The lowest BCUT2D eigenvalue weighted by Crippen LogP contribution is -2.38. The lowest BCUT2D eigenvalue weighted by molar-refractivity contribution is -0.678. The normalized spacial score (nSPS) is 16.0. The molecule has 1 aromatic heterocycles. The molecule has 0 spiro atoms. The number of aromatic hydroxyl groups is 1. The van der Waals surface area contributed by atoms with Gasteiger partial charge < -0.3 is 14.7 Å². The molecule has 0 atom stereocenters. The van der Waals surface area contributed by atoms with E-state index in [2.05, 4.69) is 6.92 Å². The van der Waals surface area contributed by atoms with Gasteiger partial charge in [0.05, 0.1) is 13.0 Å². The second-order valence-corrected chi connectivity index (χ2v) is 5.89. The van der Waals surface area contributed by atoms with Gasteiger partial charge in [-0.15, -0.1) is 0 Å². The Morgan fingerprint density at radius 3 is 2.81 bits per heavy atom. The second-order valence-electron chi connectivity index (χ2n) is 5.89. The van der Waals surface area contributed by atoms with E-state index in [0.717, 1.165) is 31.6 Å². The van der Waals surface area contributed by atoms with Gasteiger partial charge in [0.15, 0.2) is 11.9 Å². The van der Waals surface area contributed by atoms with Crippen molar-refractivity contribution in [2.45, 2.75) is 33.1 Å². The number of likely N-dealkylation sites (tertiary alicyclic amines) is 1. The molecule has 1 amide bonds. The molecule has 0 bridgehead atoms. The van der Waals surface area contributed by atoms with E-state index in [-0.39, 0.29) is 11.7 Å². The molecule has 0 aromatic carbocycles. The topological polar surface area (TPSA) is 53.6 Å². The Kier molecular flexibility index (Phi) is 5.04. The van der Waals surface area contributed by atoms with Gasteiger partial charge in [-0.1, -0.05) is 6.92 Å². The Hall–Kier alpha value is -1.78. The van der Waals surface area contributed by atoms with Crippen LogP contribution < -0.4 is 9.30 Å². The molecule has 1 fully saturated rings. The van der Waals surface area contributed by atoms with Crippen LogP contribution in [0.5, 0.6) is 11.5 Å². The van der Waals surface area contributed by atoms with Crippen molar-refractivity contribution < 1.29 is 19.2 Å². The molecule has 1 aromatic rings. The molecule has 0 radical (unpaired) electrons. The van der Waals surface area contributed by atoms with Gasteiger partial charge in [-0.25, -0.2) is 4.57 Å². The number of carbonyl (C=O) groups is 1. The van der Waals surface area contributed by atoms with Crippen molar-refractivity contribution in [2.75, 3.05) is 19.7 Å². The van der Waals surface area contributed by atoms with Crippen molar-refractivity contribution >= 4 is 5.91 Å². The minimum atomic E-state index is 0.116. The van der Waals surface area contributed by atoms with Crippen LogP contribution in [0.25, 0.3) is 0 Å². The molecule has 2 rings (SSSR count). The summed E-state index contributed by atoms with van der Waals surface area (Å²) >= 11 is 0. The lowest BCUT2D eigenvalue weighted by atomic mass is 9.99. The van der Waals surface area contributed by atoms with E-state index >= 15 is 0 Å². The summed E-state index contributed by atoms with van der Waals surface area (Å²) in [5, 5.41) is 9.83. The van der Waals surface area contributed by atoms with Crippen LogP contribution in [0.1, 0.15) is 31.9 Å². The molecule has 2 heterocycles. The molecule has 21 heavy (non-hydrogen) atoms. The van der Waals surface area contributed by atoms with Crippen LogP contribution in [-0.2, 0) is 11.8 Å². The highest BCUT2D eigenvalue weighted by molar-refractivity contribution is 5.76. The Morgan fingerprint density at radius 2 is 2.14 bits per heavy atom. The quantitative estimate of drug-likeness (QED) is 0.857. The third kappa shape index (κ3) is 3.86. The minimum Gasteiger partial charge on any atom is -0.504 e. The van der Waals surface area contributed by atoms with Gasteiger partial charge in [0.1, 0.15) is 7.05 Å². The zero-order valence-electron chi connectivity index (χ0n) is 13.1. The fourth-order valence-electron chi connectivity index (χ4n) is 2.55. The van der Waals surface area contributed by atoms with Gasteiger partial charge in [0, 0.05) is 26.1 Å². The van der Waals surface area contributed by atoms with Gasteiger partial charge in [-0.3, -0.25) is 4.79 Å². The summed E-state index contributed by atoms with van der Waals surface area (Å²) < 4.78 is 7.49. The molecule has 0 unspecified atom stereocenters. The van der Waals surface area contributed by atoms with Gasteiger partial charge in [0.25, 0.3) is 0 Å². The summed E-state index contributed by atoms with van der Waals surface area (Å²) in [5.74, 6) is 1.43. The number of amides is 1. The van der Waals surface area contributed by atoms with Crippen molar-refractivity contribution in [3.05, 3.63) is 18.0 Å². The third-order valence-corrected chi connectivity index (χ3v) is 4.24. The fourth-order valence-corrected chi connectivity index (χ4v) is 2.55. The van der Waals surface area contributed by atoms with E-state index < -0.39 is 0 Å². The second kappa shape index (κ2) is 6.78. The number of rotatable bonds is 4. The minimum absolute atomic E-state index is 0.116. The van der Waals surface area contributed by atoms with Crippen LogP contribution in [-0.4, -0.2) is 35.6 Å². The molecule has 1 aliphatic rings. The predicted molar refractivity (Wildman–Crippen MR) is 79.1 cm³/mol. The van der Waals surface area contributed by atoms with Crippen LogP contribution in [0.4, 0.5) is 0 Å². The largest absolute Gasteiger partial charge is 0.504 e. The third-order valence-electron chi connectivity index (χ3n) is 4.24. The average Bonchev–Trinajstić information content (AvgIpc) is 2.47. The zero-order valence-corrected chi connectivity index (χ0v) is 13.1. The Balaban J connectivity index is 1.84. The summed E-state index contributed by atoms with van der Waals surface area (Å²) in [6.07, 6.45) is 4.30. The molecule has 1 aliphatic heterocycles. The molecular formula is C16H25N2O3+. The van der Waals surface area contributed by atoms with Crippen molar-refractivity contribution in [1.29, 1.82) is 0 Å². The van der Waals surface area contributed by atoms with Crippen LogP contribution in [0.3, 0.4) is 0 Å². The number of hydrogen-bond donors (Lipinski definition) is 1. The first-order valence-electron chi connectivity index (χ1n) is 7.58. The number of ether oxygens (including phenoxy) is 1. The number of hydrogen-bond acceptors (Lipinski definition) is 3. The van der Waals surface area contributed by atoms with Crippen molar-refractivity contribution in [1.82, 2.24) is 4.90 Å². The first-order valence-corrected chi connectivity index (χ1v) is 7.58. The van der Waals surface area contributed by atoms with E-state index in [4.69, 9.17) is 4.74 Å². The monoisotopic (exact) mass is 293 g/mol. The SMILES string of the molecule is Cc1c(OCCC(=O)N2CCC(C)CC2)c(O)cc[n+]1C. The Bertz CT molecular complexity index is 508. The van der Waals surface area contributed by atoms with E-state index in [1.165, 1.54) is 0 Å². The number of pyridine rings is 1. The van der Waals surface area contributed by atoms with E-state index in [0.29, 0.717) is 24.7 Å². The molecule has 0 saturated carbocycles. The standard InChI is InChI=1S/C16H24N2O3/c1-12-4-9-18(10-5-12)15(20)7-11-21-16-13(2)17(3)8-6-14(16)19/h6,8,12H,4-5,7,9-11H2,1-3H3/p+1. The molecular weight excluding hydrogens is 268 g/mol. The summed E-state index contributed by atoms with van der Waals surface area (Å²) in [5.41, 5.74) is 0.842. The maximum Gasteiger partial charge on any atom is 0.228 e. The number of aryl methyl sites for hydroxylation is 1. The number of piperidine rings is 1. The maximum absolute atomic E-state index is 12.1. The fraction of sp³-hybridized carbons (Fsp3) is 0.625. The maximum atomic E-state index is 12.1. The van der Waals surface area contributed by atoms with Crippen molar-refractivity contribution in [3.63, 3.8) is 0 Å². The number of carbonyl (C=O) groups excluding carboxylic acids is 1. The highest BCUT2D eigenvalue weighted by atomic mass is 16.5. The van der Waals surface area contributed by atoms with E-state index in [1.54, 1.807) is 12.3 Å². The van der Waals surface area contributed by atoms with Gasteiger partial charge >= 0.3 is 0 Å². The number of aromatic nitrogens is 1. The molecule has 0 aliphatic carbocycles. The predicted octanol–water partition coefficient (Wildman–Crippen LogP) is 1.55. The van der Waals surface area contributed by atoms with Gasteiger partial charge in [-0.2, -0.15) is 0 Å².